The van der Waals surface area contributed by atoms with Crippen molar-refractivity contribution in [2.45, 2.75) is 19.9 Å². The Balaban J connectivity index is 2.11. The normalized spacial score (nSPS) is 10.5. The number of nitrogens with one attached hydrogen (secondary N) is 1. The summed E-state index contributed by atoms with van der Waals surface area (Å²) in [4.78, 5) is 4.25. The van der Waals surface area contributed by atoms with E-state index in [1.165, 1.54) is 11.1 Å². The smallest absolute Gasteiger partial charge is 0.164 e. The molecule has 0 aliphatic rings. The molecule has 4 nitrogen and oxygen atoms in total. The quantitative estimate of drug-likeness (QED) is 0.784. The molecule has 0 fully saturated rings. The van der Waals surface area contributed by atoms with E-state index in [2.05, 4.69) is 46.4 Å². The number of hydrogen-bond donors (Lipinski definition) is 2. The summed E-state index contributed by atoms with van der Waals surface area (Å²) >= 11 is 0. The van der Waals surface area contributed by atoms with E-state index in [0.29, 0.717) is 12.4 Å². The highest BCUT2D eigenvalue weighted by molar-refractivity contribution is 5.23. The van der Waals surface area contributed by atoms with E-state index in [-0.39, 0.29) is 0 Å². The van der Waals surface area contributed by atoms with Gasteiger partial charge >= 0.3 is 0 Å². The molecule has 0 saturated heterocycles. The number of nitrogens with two attached hydrogens (primary N) is 1. The van der Waals surface area contributed by atoms with Crippen molar-refractivity contribution < 1.29 is 0 Å². The SMILES string of the molecule is Cc1ccc(Cc2nc(CN)n[nH]2)cc1. The number of hydrogen-bond acceptors (Lipinski definition) is 3. The first-order valence-electron chi connectivity index (χ1n) is 4.93. The lowest BCUT2D eigenvalue weighted by atomic mass is 10.1. The third-order valence-corrected chi connectivity index (χ3v) is 2.25. The fourth-order valence-electron chi connectivity index (χ4n) is 1.40. The van der Waals surface area contributed by atoms with Crippen molar-refractivity contribution in [3.05, 3.63) is 47.0 Å². The van der Waals surface area contributed by atoms with Crippen molar-refractivity contribution in [2.75, 3.05) is 0 Å². The summed E-state index contributed by atoms with van der Waals surface area (Å²) in [7, 11) is 0. The Hall–Kier alpha value is -1.68. The number of rotatable bonds is 3. The van der Waals surface area contributed by atoms with E-state index < -0.39 is 0 Å². The highest BCUT2D eigenvalue weighted by Crippen LogP contribution is 2.07. The van der Waals surface area contributed by atoms with Crippen molar-refractivity contribution >= 4 is 0 Å². The number of aromatic nitrogens is 3. The summed E-state index contributed by atoms with van der Waals surface area (Å²) in [6.45, 7) is 2.45. The predicted molar refractivity (Wildman–Crippen MR) is 58.3 cm³/mol. The van der Waals surface area contributed by atoms with Gasteiger partial charge in [0.2, 0.25) is 0 Å². The maximum Gasteiger partial charge on any atom is 0.164 e. The molecule has 0 radical (unpaired) electrons. The van der Waals surface area contributed by atoms with Crippen LogP contribution in [0.1, 0.15) is 22.8 Å². The summed E-state index contributed by atoms with van der Waals surface area (Å²) in [5, 5.41) is 6.87. The highest BCUT2D eigenvalue weighted by Gasteiger charge is 2.02. The maximum absolute atomic E-state index is 5.43. The van der Waals surface area contributed by atoms with Crippen molar-refractivity contribution in [1.82, 2.24) is 15.2 Å². The van der Waals surface area contributed by atoms with Crippen LogP contribution in [0.15, 0.2) is 24.3 Å². The first kappa shape index (κ1) is 9.86. The third-order valence-electron chi connectivity index (χ3n) is 2.25. The molecule has 0 aliphatic carbocycles. The van der Waals surface area contributed by atoms with Crippen LogP contribution in [0.2, 0.25) is 0 Å². The molecular formula is C11H14N4. The van der Waals surface area contributed by atoms with Crippen LogP contribution < -0.4 is 5.73 Å². The largest absolute Gasteiger partial charge is 0.324 e. The van der Waals surface area contributed by atoms with Crippen LogP contribution in [0.4, 0.5) is 0 Å². The molecule has 0 spiro atoms. The van der Waals surface area contributed by atoms with Gasteiger partial charge in [-0.15, -0.1) is 0 Å². The summed E-state index contributed by atoms with van der Waals surface area (Å²) in [6, 6.07) is 8.38. The number of H-pyrrole nitrogens is 1. The van der Waals surface area contributed by atoms with Crippen molar-refractivity contribution in [3.63, 3.8) is 0 Å². The van der Waals surface area contributed by atoms with E-state index in [1.807, 2.05) is 0 Å². The minimum Gasteiger partial charge on any atom is -0.324 e. The van der Waals surface area contributed by atoms with Gasteiger partial charge in [0.25, 0.3) is 0 Å². The summed E-state index contributed by atoms with van der Waals surface area (Å²) in [5.41, 5.74) is 7.92. The van der Waals surface area contributed by atoms with Crippen LogP contribution >= 0.6 is 0 Å². The topological polar surface area (TPSA) is 67.6 Å². The zero-order valence-electron chi connectivity index (χ0n) is 8.70. The summed E-state index contributed by atoms with van der Waals surface area (Å²) < 4.78 is 0. The molecule has 2 rings (SSSR count). The molecule has 0 saturated carbocycles. The maximum atomic E-state index is 5.43. The second-order valence-corrected chi connectivity index (χ2v) is 3.56. The second kappa shape index (κ2) is 4.23. The van der Waals surface area contributed by atoms with E-state index in [9.17, 15) is 0 Å². The van der Waals surface area contributed by atoms with Gasteiger partial charge in [0.15, 0.2) is 5.82 Å². The van der Waals surface area contributed by atoms with Crippen LogP contribution in [-0.2, 0) is 13.0 Å². The van der Waals surface area contributed by atoms with Gasteiger partial charge in [-0.25, -0.2) is 4.98 Å². The van der Waals surface area contributed by atoms with Crippen LogP contribution in [0, 0.1) is 6.92 Å². The molecule has 0 bridgehead atoms. The molecule has 15 heavy (non-hydrogen) atoms. The minimum absolute atomic E-state index is 0.379. The molecule has 1 heterocycles. The monoisotopic (exact) mass is 202 g/mol. The Morgan fingerprint density at radius 2 is 2.00 bits per heavy atom. The average molecular weight is 202 g/mol. The average Bonchev–Trinajstić information content (AvgIpc) is 2.69. The van der Waals surface area contributed by atoms with Gasteiger partial charge in [0.05, 0.1) is 6.54 Å². The zero-order chi connectivity index (χ0) is 10.7. The van der Waals surface area contributed by atoms with E-state index in [4.69, 9.17) is 5.73 Å². The summed E-state index contributed by atoms with van der Waals surface area (Å²) in [5.74, 6) is 1.52. The Labute approximate surface area is 88.5 Å². The molecule has 0 aliphatic heterocycles. The van der Waals surface area contributed by atoms with Crippen LogP contribution in [-0.4, -0.2) is 15.2 Å². The Kier molecular flexibility index (Phi) is 2.78. The first-order valence-corrected chi connectivity index (χ1v) is 4.93. The zero-order valence-corrected chi connectivity index (χ0v) is 8.70. The van der Waals surface area contributed by atoms with Crippen LogP contribution in [0.3, 0.4) is 0 Å². The van der Waals surface area contributed by atoms with Gasteiger partial charge < -0.3 is 5.73 Å². The van der Waals surface area contributed by atoms with Gasteiger partial charge in [-0.1, -0.05) is 29.8 Å². The lowest BCUT2D eigenvalue weighted by Gasteiger charge is -1.98. The predicted octanol–water partition coefficient (Wildman–Crippen LogP) is 1.16. The van der Waals surface area contributed by atoms with Crippen molar-refractivity contribution in [3.8, 4) is 0 Å². The summed E-state index contributed by atoms with van der Waals surface area (Å²) in [6.07, 6.45) is 0.771. The number of aromatic amines is 1. The molecule has 1 aromatic carbocycles. The Bertz CT molecular complexity index is 430. The molecule has 4 heteroatoms. The van der Waals surface area contributed by atoms with E-state index >= 15 is 0 Å². The minimum atomic E-state index is 0.379. The lowest BCUT2D eigenvalue weighted by Crippen LogP contribution is -1.98. The van der Waals surface area contributed by atoms with Gasteiger partial charge in [-0.3, -0.25) is 5.10 Å². The highest BCUT2D eigenvalue weighted by atomic mass is 15.2. The van der Waals surface area contributed by atoms with Crippen LogP contribution in [0.25, 0.3) is 0 Å². The van der Waals surface area contributed by atoms with Crippen molar-refractivity contribution in [1.29, 1.82) is 0 Å². The fraction of sp³-hybridized carbons (Fsp3) is 0.273. The van der Waals surface area contributed by atoms with Gasteiger partial charge in [-0.2, -0.15) is 5.10 Å². The Morgan fingerprint density at radius 1 is 1.27 bits per heavy atom. The van der Waals surface area contributed by atoms with Gasteiger partial charge in [-0.05, 0) is 12.5 Å². The third kappa shape index (κ3) is 2.41. The van der Waals surface area contributed by atoms with Gasteiger partial charge in [0.1, 0.15) is 5.82 Å². The molecule has 0 atom stereocenters. The van der Waals surface area contributed by atoms with Gasteiger partial charge in [0, 0.05) is 6.42 Å². The molecular weight excluding hydrogens is 188 g/mol. The first-order chi connectivity index (χ1) is 7.28. The standard InChI is InChI=1S/C11H14N4/c1-8-2-4-9(5-3-8)6-10-13-11(7-12)15-14-10/h2-5H,6-7,12H2,1H3,(H,13,14,15). The lowest BCUT2D eigenvalue weighted by molar-refractivity contribution is 0.916. The number of nitrogens with zero attached hydrogens (tertiary/aromatic N) is 2. The number of aryl methyl sites for hydroxylation is 1. The number of benzene rings is 1. The molecule has 3 N–H and O–H groups in total. The molecule has 2 aromatic rings. The van der Waals surface area contributed by atoms with E-state index in [0.717, 1.165) is 12.2 Å². The van der Waals surface area contributed by atoms with Crippen LogP contribution in [0.5, 0.6) is 0 Å². The molecule has 78 valence electrons. The molecule has 1 aromatic heterocycles. The Morgan fingerprint density at radius 3 is 2.60 bits per heavy atom. The van der Waals surface area contributed by atoms with E-state index in [1.54, 1.807) is 0 Å². The molecule has 0 unspecified atom stereocenters. The molecule has 0 amide bonds. The second-order valence-electron chi connectivity index (χ2n) is 3.56. The fourth-order valence-corrected chi connectivity index (χ4v) is 1.40. The van der Waals surface area contributed by atoms with Crippen molar-refractivity contribution in [2.24, 2.45) is 5.73 Å².